The molecule has 0 atom stereocenters. The number of amides is 2. The summed E-state index contributed by atoms with van der Waals surface area (Å²) >= 11 is 0. The Bertz CT molecular complexity index is 733. The number of carbonyl (C=O) groups excluding carboxylic acids is 2. The molecule has 0 saturated heterocycles. The summed E-state index contributed by atoms with van der Waals surface area (Å²) in [6.45, 7) is 8.66. The molecule has 1 aromatic heterocycles. The molecule has 1 aromatic carbocycles. The van der Waals surface area contributed by atoms with Crippen molar-refractivity contribution in [3.8, 4) is 0 Å². The fourth-order valence-corrected chi connectivity index (χ4v) is 2.41. The second-order valence-corrected chi connectivity index (χ2v) is 6.81. The van der Waals surface area contributed by atoms with E-state index in [0.29, 0.717) is 19.6 Å². The first kappa shape index (κ1) is 18.8. The van der Waals surface area contributed by atoms with Gasteiger partial charge in [-0.25, -0.2) is 4.79 Å². The molecule has 0 radical (unpaired) electrons. The third kappa shape index (κ3) is 5.48. The number of H-pyrrole nitrogens is 1. The average Bonchev–Trinajstić information content (AvgIpc) is 2.93. The molecule has 0 spiro atoms. The predicted molar refractivity (Wildman–Crippen MR) is 96.3 cm³/mol. The molecule has 0 unspecified atom stereocenters. The fourth-order valence-electron chi connectivity index (χ4n) is 2.41. The van der Waals surface area contributed by atoms with Crippen LogP contribution in [-0.2, 0) is 16.0 Å². The van der Waals surface area contributed by atoms with Gasteiger partial charge in [-0.2, -0.15) is 5.10 Å². The van der Waals surface area contributed by atoms with Gasteiger partial charge >= 0.3 is 6.09 Å². The number of rotatable bonds is 6. The summed E-state index contributed by atoms with van der Waals surface area (Å²) in [5, 5.41) is 10.9. The maximum atomic E-state index is 12.1. The van der Waals surface area contributed by atoms with E-state index >= 15 is 0 Å². The third-order valence-corrected chi connectivity index (χ3v) is 3.62. The fraction of sp³-hybridized carbons (Fsp3) is 0.500. The van der Waals surface area contributed by atoms with Crippen LogP contribution in [-0.4, -0.2) is 52.3 Å². The number of nitrogens with one attached hydrogen (secondary N) is 2. The topological polar surface area (TPSA) is 87.3 Å². The molecule has 0 bridgehead atoms. The SMILES string of the molecule is CCN(CCNC(=O)Cc1[nH]nc2ccccc12)C(=O)OC(C)(C)C. The number of para-hydroxylation sites is 1. The lowest BCUT2D eigenvalue weighted by Crippen LogP contribution is -2.41. The Balaban J connectivity index is 1.82. The van der Waals surface area contributed by atoms with Crippen LogP contribution in [0.5, 0.6) is 0 Å². The summed E-state index contributed by atoms with van der Waals surface area (Å²) in [6.07, 6.45) is -0.150. The first-order chi connectivity index (χ1) is 11.8. The van der Waals surface area contributed by atoms with Crippen molar-refractivity contribution in [1.82, 2.24) is 20.4 Å². The minimum atomic E-state index is -0.532. The zero-order valence-corrected chi connectivity index (χ0v) is 15.3. The lowest BCUT2D eigenvalue weighted by atomic mass is 10.1. The highest BCUT2D eigenvalue weighted by Crippen LogP contribution is 2.15. The molecule has 136 valence electrons. The summed E-state index contributed by atoms with van der Waals surface area (Å²) in [5.74, 6) is -0.116. The zero-order valence-electron chi connectivity index (χ0n) is 15.3. The second kappa shape index (κ2) is 8.00. The number of likely N-dealkylation sites (N-methyl/N-ethyl adjacent to an activating group) is 1. The van der Waals surface area contributed by atoms with Gasteiger partial charge in [0.15, 0.2) is 0 Å². The maximum Gasteiger partial charge on any atom is 0.410 e. The number of aromatic amines is 1. The quantitative estimate of drug-likeness (QED) is 0.841. The van der Waals surface area contributed by atoms with Crippen LogP contribution >= 0.6 is 0 Å². The van der Waals surface area contributed by atoms with Crippen molar-refractivity contribution in [2.24, 2.45) is 0 Å². The van der Waals surface area contributed by atoms with Crippen molar-refractivity contribution < 1.29 is 14.3 Å². The van der Waals surface area contributed by atoms with E-state index in [0.717, 1.165) is 16.6 Å². The minimum Gasteiger partial charge on any atom is -0.444 e. The predicted octanol–water partition coefficient (Wildman–Crippen LogP) is 2.48. The van der Waals surface area contributed by atoms with Crippen LogP contribution in [0.3, 0.4) is 0 Å². The molecule has 0 aliphatic heterocycles. The Morgan fingerprint density at radius 1 is 1.28 bits per heavy atom. The van der Waals surface area contributed by atoms with Crippen LogP contribution < -0.4 is 5.32 Å². The van der Waals surface area contributed by atoms with Crippen molar-refractivity contribution in [2.45, 2.75) is 39.7 Å². The van der Waals surface area contributed by atoms with Gasteiger partial charge in [0.05, 0.1) is 17.6 Å². The highest BCUT2D eigenvalue weighted by molar-refractivity contribution is 5.87. The van der Waals surface area contributed by atoms with E-state index in [4.69, 9.17) is 4.74 Å². The Kier molecular flexibility index (Phi) is 6.01. The van der Waals surface area contributed by atoms with Crippen molar-refractivity contribution in [2.75, 3.05) is 19.6 Å². The van der Waals surface area contributed by atoms with Gasteiger partial charge in [-0.1, -0.05) is 18.2 Å². The Morgan fingerprint density at radius 2 is 2.00 bits per heavy atom. The number of nitrogens with zero attached hydrogens (tertiary/aromatic N) is 2. The average molecular weight is 346 g/mol. The molecule has 1 heterocycles. The second-order valence-electron chi connectivity index (χ2n) is 6.81. The minimum absolute atomic E-state index is 0.116. The summed E-state index contributed by atoms with van der Waals surface area (Å²) < 4.78 is 5.34. The van der Waals surface area contributed by atoms with E-state index in [1.54, 1.807) is 4.90 Å². The van der Waals surface area contributed by atoms with Crippen LogP contribution in [0.1, 0.15) is 33.4 Å². The Labute approximate surface area is 147 Å². The van der Waals surface area contributed by atoms with Crippen molar-refractivity contribution in [3.05, 3.63) is 30.0 Å². The number of hydrogen-bond acceptors (Lipinski definition) is 4. The van der Waals surface area contributed by atoms with Gasteiger partial charge in [0.2, 0.25) is 5.91 Å². The molecule has 0 aliphatic carbocycles. The largest absolute Gasteiger partial charge is 0.444 e. The van der Waals surface area contributed by atoms with E-state index in [2.05, 4.69) is 15.5 Å². The third-order valence-electron chi connectivity index (χ3n) is 3.62. The van der Waals surface area contributed by atoms with Crippen LogP contribution in [0.4, 0.5) is 4.79 Å². The highest BCUT2D eigenvalue weighted by atomic mass is 16.6. The van der Waals surface area contributed by atoms with Crippen molar-refractivity contribution in [3.63, 3.8) is 0 Å². The van der Waals surface area contributed by atoms with E-state index in [-0.39, 0.29) is 18.4 Å². The molecular formula is C18H26N4O3. The summed E-state index contributed by atoms with van der Waals surface area (Å²) in [7, 11) is 0. The van der Waals surface area contributed by atoms with Crippen LogP contribution in [0.2, 0.25) is 0 Å². The van der Waals surface area contributed by atoms with Crippen molar-refractivity contribution in [1.29, 1.82) is 0 Å². The number of benzene rings is 1. The van der Waals surface area contributed by atoms with E-state index in [9.17, 15) is 9.59 Å². The van der Waals surface area contributed by atoms with Crippen LogP contribution in [0.15, 0.2) is 24.3 Å². The highest BCUT2D eigenvalue weighted by Gasteiger charge is 2.21. The Morgan fingerprint density at radius 3 is 2.68 bits per heavy atom. The normalized spacial score (nSPS) is 11.4. The van der Waals surface area contributed by atoms with Crippen LogP contribution in [0, 0.1) is 0 Å². The molecule has 0 fully saturated rings. The molecule has 2 N–H and O–H groups in total. The van der Waals surface area contributed by atoms with Crippen molar-refractivity contribution >= 4 is 22.9 Å². The first-order valence-electron chi connectivity index (χ1n) is 8.46. The van der Waals surface area contributed by atoms with E-state index in [1.165, 1.54) is 0 Å². The monoisotopic (exact) mass is 346 g/mol. The number of carbonyl (C=O) groups is 2. The molecule has 2 amide bonds. The standard InChI is InChI=1S/C18H26N4O3/c1-5-22(17(24)25-18(2,3)4)11-10-19-16(23)12-15-13-8-6-7-9-14(13)20-21-15/h6-9H,5,10-12H2,1-4H3,(H,19,23)(H,20,21). The summed E-state index contributed by atoms with van der Waals surface area (Å²) in [6, 6.07) is 7.65. The lowest BCUT2D eigenvalue weighted by Gasteiger charge is -2.26. The van der Waals surface area contributed by atoms with Gasteiger partial charge < -0.3 is 15.0 Å². The molecule has 7 nitrogen and oxygen atoms in total. The molecule has 2 rings (SSSR count). The van der Waals surface area contributed by atoms with E-state index < -0.39 is 5.60 Å². The lowest BCUT2D eigenvalue weighted by molar-refractivity contribution is -0.120. The van der Waals surface area contributed by atoms with Gasteiger partial charge in [-0.05, 0) is 33.8 Å². The Hall–Kier alpha value is -2.57. The number of fused-ring (bicyclic) bond motifs is 1. The first-order valence-corrected chi connectivity index (χ1v) is 8.46. The van der Waals surface area contributed by atoms with Gasteiger partial charge in [-0.3, -0.25) is 9.89 Å². The molecule has 2 aromatic rings. The number of aromatic nitrogens is 2. The van der Waals surface area contributed by atoms with Gasteiger partial charge in [0.25, 0.3) is 0 Å². The summed E-state index contributed by atoms with van der Waals surface area (Å²) in [4.78, 5) is 25.7. The smallest absolute Gasteiger partial charge is 0.410 e. The van der Waals surface area contributed by atoms with Gasteiger partial charge in [0.1, 0.15) is 5.60 Å². The van der Waals surface area contributed by atoms with Gasteiger partial charge in [-0.15, -0.1) is 0 Å². The maximum absolute atomic E-state index is 12.1. The number of ether oxygens (including phenoxy) is 1. The number of hydrogen-bond donors (Lipinski definition) is 2. The molecule has 0 saturated carbocycles. The zero-order chi connectivity index (χ0) is 18.4. The van der Waals surface area contributed by atoms with Gasteiger partial charge in [0, 0.05) is 25.0 Å². The molecule has 0 aliphatic rings. The molecular weight excluding hydrogens is 320 g/mol. The molecule has 7 heteroatoms. The van der Waals surface area contributed by atoms with E-state index in [1.807, 2.05) is 52.0 Å². The molecule has 25 heavy (non-hydrogen) atoms. The summed E-state index contributed by atoms with van der Waals surface area (Å²) in [5.41, 5.74) is 1.09. The van der Waals surface area contributed by atoms with Crippen LogP contribution in [0.25, 0.3) is 10.9 Å².